The van der Waals surface area contributed by atoms with Crippen molar-refractivity contribution in [1.82, 2.24) is 10.3 Å². The maximum atomic E-state index is 14.8. The molecule has 1 aliphatic heterocycles. The number of para-hydroxylation sites is 1. The van der Waals surface area contributed by atoms with Gasteiger partial charge < -0.3 is 24.4 Å². The fourth-order valence-corrected chi connectivity index (χ4v) is 4.39. The summed E-state index contributed by atoms with van der Waals surface area (Å²) in [7, 11) is 3.06. The molecule has 3 amide bonds. The van der Waals surface area contributed by atoms with Gasteiger partial charge in [0.2, 0.25) is 5.91 Å². The van der Waals surface area contributed by atoms with Gasteiger partial charge >= 0.3 is 6.03 Å². The number of urea groups is 1. The molecule has 3 aromatic carbocycles. The van der Waals surface area contributed by atoms with Crippen molar-refractivity contribution in [2.75, 3.05) is 37.5 Å². The van der Waals surface area contributed by atoms with E-state index >= 15 is 0 Å². The lowest BCUT2D eigenvalue weighted by atomic mass is 10.2. The van der Waals surface area contributed by atoms with Gasteiger partial charge in [-0.25, -0.2) is 9.18 Å². The first-order valence-electron chi connectivity index (χ1n) is 11.9. The number of aromatic nitrogens is 1. The molecule has 0 fully saturated rings. The van der Waals surface area contributed by atoms with Crippen LogP contribution in [0.5, 0.6) is 23.0 Å². The second-order valence-corrected chi connectivity index (χ2v) is 8.58. The number of rotatable bonds is 7. The highest BCUT2D eigenvalue weighted by Crippen LogP contribution is 2.37. The molecule has 194 valence electrons. The van der Waals surface area contributed by atoms with Gasteiger partial charge in [-0.3, -0.25) is 15.1 Å². The smallest absolute Gasteiger partial charge is 0.326 e. The van der Waals surface area contributed by atoms with Crippen molar-refractivity contribution >= 4 is 34.2 Å². The number of nitrogens with zero attached hydrogens (tertiary/aromatic N) is 2. The van der Waals surface area contributed by atoms with Crippen LogP contribution in [-0.2, 0) is 11.2 Å². The highest BCUT2D eigenvalue weighted by Gasteiger charge is 2.21. The van der Waals surface area contributed by atoms with Crippen molar-refractivity contribution in [1.29, 1.82) is 0 Å². The Morgan fingerprint density at radius 3 is 2.58 bits per heavy atom. The van der Waals surface area contributed by atoms with Crippen molar-refractivity contribution in [3.63, 3.8) is 0 Å². The molecule has 1 aliphatic rings. The number of carbonyl (C=O) groups excluding carboxylic acids is 2. The van der Waals surface area contributed by atoms with Crippen LogP contribution in [0.15, 0.2) is 66.9 Å². The SMILES string of the molecule is COc1cc2nccc(Oc3ccc(NC(=O)NC(=O)CN4CCc5ccccc54)c(F)c3)c2cc1OC. The van der Waals surface area contributed by atoms with Gasteiger partial charge in [-0.15, -0.1) is 0 Å². The first-order valence-corrected chi connectivity index (χ1v) is 11.9. The van der Waals surface area contributed by atoms with Gasteiger partial charge in [0.15, 0.2) is 11.5 Å². The molecule has 0 radical (unpaired) electrons. The van der Waals surface area contributed by atoms with Gasteiger partial charge in [-0.2, -0.15) is 0 Å². The standard InChI is InChI=1S/C28H25FN4O5/c1-36-25-14-19-22(15-26(25)37-2)30-11-9-24(19)38-18-7-8-21(20(29)13-18)31-28(35)32-27(34)16-33-12-10-17-5-3-4-6-23(17)33/h3-9,11,13-15H,10,12,16H2,1-2H3,(H2,31,32,34,35). The van der Waals surface area contributed by atoms with Crippen molar-refractivity contribution in [2.24, 2.45) is 0 Å². The Morgan fingerprint density at radius 1 is 1.00 bits per heavy atom. The number of methoxy groups -OCH3 is 2. The molecule has 9 nitrogen and oxygen atoms in total. The third kappa shape index (κ3) is 5.15. The molecular formula is C28H25FN4O5. The summed E-state index contributed by atoms with van der Waals surface area (Å²) >= 11 is 0. The maximum absolute atomic E-state index is 14.8. The number of hydrogen-bond donors (Lipinski definition) is 2. The minimum absolute atomic E-state index is 0.0241. The molecule has 38 heavy (non-hydrogen) atoms. The topological polar surface area (TPSA) is 102 Å². The first kappa shape index (κ1) is 24.8. The molecule has 10 heteroatoms. The molecule has 0 saturated heterocycles. The zero-order valence-electron chi connectivity index (χ0n) is 20.8. The Balaban J connectivity index is 1.23. The van der Waals surface area contributed by atoms with Crippen LogP contribution in [0.4, 0.5) is 20.6 Å². The normalized spacial score (nSPS) is 12.1. The molecule has 5 rings (SSSR count). The molecule has 4 aromatic rings. The Morgan fingerprint density at radius 2 is 1.79 bits per heavy atom. The molecule has 0 aliphatic carbocycles. The predicted octanol–water partition coefficient (Wildman–Crippen LogP) is 4.89. The van der Waals surface area contributed by atoms with E-state index in [4.69, 9.17) is 14.2 Å². The number of nitrogens with one attached hydrogen (secondary N) is 2. The third-order valence-electron chi connectivity index (χ3n) is 6.19. The Hall–Kier alpha value is -4.86. The second-order valence-electron chi connectivity index (χ2n) is 8.58. The van der Waals surface area contributed by atoms with Crippen LogP contribution in [0.1, 0.15) is 5.56 Å². The van der Waals surface area contributed by atoms with Crippen LogP contribution >= 0.6 is 0 Å². The summed E-state index contributed by atoms with van der Waals surface area (Å²) in [5.41, 5.74) is 2.65. The lowest BCUT2D eigenvalue weighted by Gasteiger charge is -2.18. The van der Waals surface area contributed by atoms with Gasteiger partial charge in [0.1, 0.15) is 17.3 Å². The van der Waals surface area contributed by atoms with Crippen LogP contribution in [0, 0.1) is 5.82 Å². The number of benzene rings is 3. The molecule has 0 atom stereocenters. The van der Waals surface area contributed by atoms with E-state index in [1.165, 1.54) is 26.4 Å². The fourth-order valence-electron chi connectivity index (χ4n) is 4.39. The highest BCUT2D eigenvalue weighted by molar-refractivity contribution is 6.02. The van der Waals surface area contributed by atoms with E-state index in [1.807, 2.05) is 29.2 Å². The number of amides is 3. The summed E-state index contributed by atoms with van der Waals surface area (Å²) in [6.45, 7) is 0.716. The van der Waals surface area contributed by atoms with Crippen molar-refractivity contribution in [3.05, 3.63) is 78.2 Å². The monoisotopic (exact) mass is 516 g/mol. The number of halogens is 1. The maximum Gasteiger partial charge on any atom is 0.326 e. The number of pyridine rings is 1. The van der Waals surface area contributed by atoms with Crippen LogP contribution < -0.4 is 29.7 Å². The van der Waals surface area contributed by atoms with E-state index in [0.717, 1.165) is 23.7 Å². The first-order chi connectivity index (χ1) is 18.4. The van der Waals surface area contributed by atoms with Crippen molar-refractivity contribution < 1.29 is 28.2 Å². The minimum Gasteiger partial charge on any atom is -0.493 e. The van der Waals surface area contributed by atoms with E-state index in [2.05, 4.69) is 15.6 Å². The van der Waals surface area contributed by atoms with Crippen molar-refractivity contribution in [3.8, 4) is 23.0 Å². The predicted molar refractivity (Wildman–Crippen MR) is 141 cm³/mol. The largest absolute Gasteiger partial charge is 0.493 e. The van der Waals surface area contributed by atoms with Gasteiger partial charge in [-0.1, -0.05) is 18.2 Å². The molecular weight excluding hydrogens is 491 g/mol. The average molecular weight is 517 g/mol. The summed E-state index contributed by atoms with van der Waals surface area (Å²) in [6, 6.07) is 16.1. The lowest BCUT2D eigenvalue weighted by Crippen LogP contribution is -2.41. The minimum atomic E-state index is -0.823. The Bertz CT molecular complexity index is 1530. The lowest BCUT2D eigenvalue weighted by molar-refractivity contribution is -0.118. The number of anilines is 2. The summed E-state index contributed by atoms with van der Waals surface area (Å²) in [5, 5.41) is 5.27. The number of imide groups is 1. The molecule has 0 bridgehead atoms. The number of hydrogen-bond acceptors (Lipinski definition) is 7. The summed E-state index contributed by atoms with van der Waals surface area (Å²) in [4.78, 5) is 31.0. The van der Waals surface area contributed by atoms with Crippen LogP contribution in [0.2, 0.25) is 0 Å². The number of fused-ring (bicyclic) bond motifs is 2. The van der Waals surface area contributed by atoms with E-state index in [9.17, 15) is 14.0 Å². The fraction of sp³-hybridized carbons (Fsp3) is 0.179. The van der Waals surface area contributed by atoms with E-state index in [-0.39, 0.29) is 18.0 Å². The number of ether oxygens (including phenoxy) is 3. The average Bonchev–Trinajstić information content (AvgIpc) is 3.32. The van der Waals surface area contributed by atoms with E-state index in [0.29, 0.717) is 34.7 Å². The quantitative estimate of drug-likeness (QED) is 0.360. The Labute approximate surface area is 218 Å². The van der Waals surface area contributed by atoms with Crippen LogP contribution in [0.25, 0.3) is 10.9 Å². The van der Waals surface area contributed by atoms with Crippen LogP contribution in [-0.4, -0.2) is 44.2 Å². The molecule has 0 saturated carbocycles. The van der Waals surface area contributed by atoms with Crippen molar-refractivity contribution in [2.45, 2.75) is 6.42 Å². The van der Waals surface area contributed by atoms with E-state index < -0.39 is 17.8 Å². The second kappa shape index (κ2) is 10.6. The van der Waals surface area contributed by atoms with E-state index in [1.54, 1.807) is 24.4 Å². The summed E-state index contributed by atoms with van der Waals surface area (Å²) in [5.74, 6) is 0.445. The molecule has 0 unspecified atom stereocenters. The van der Waals surface area contributed by atoms with Gasteiger partial charge in [0.05, 0.1) is 32.0 Å². The zero-order chi connectivity index (χ0) is 26.6. The third-order valence-corrected chi connectivity index (χ3v) is 6.19. The molecule has 1 aromatic heterocycles. The highest BCUT2D eigenvalue weighted by atomic mass is 19.1. The van der Waals surface area contributed by atoms with Gasteiger partial charge in [0, 0.05) is 35.9 Å². The zero-order valence-corrected chi connectivity index (χ0v) is 20.8. The van der Waals surface area contributed by atoms with Gasteiger partial charge in [0.25, 0.3) is 0 Å². The number of carbonyl (C=O) groups is 2. The van der Waals surface area contributed by atoms with Gasteiger partial charge in [-0.05, 0) is 42.3 Å². The van der Waals surface area contributed by atoms with Crippen LogP contribution in [0.3, 0.4) is 0 Å². The summed E-state index contributed by atoms with van der Waals surface area (Å²) in [6.07, 6.45) is 2.41. The molecule has 2 N–H and O–H groups in total. The molecule has 2 heterocycles. The summed E-state index contributed by atoms with van der Waals surface area (Å²) < 4.78 is 31.4. The molecule has 0 spiro atoms. The Kier molecular flexibility index (Phi) is 6.94.